The van der Waals surface area contributed by atoms with Gasteiger partial charge in [-0.1, -0.05) is 18.2 Å². The number of carboxylic acids is 1. The molecule has 15 nitrogen and oxygen atoms in total. The number of aliphatic carboxylic acids is 1. The number of nitrogens with zero attached hydrogens (tertiary/aromatic N) is 1. The number of para-hydroxylation sites is 1. The van der Waals surface area contributed by atoms with Crippen molar-refractivity contribution in [1.29, 1.82) is 0 Å². The van der Waals surface area contributed by atoms with Crippen LogP contribution >= 0.6 is 0 Å². The molecule has 0 saturated heterocycles. The lowest BCUT2D eigenvalue weighted by Crippen LogP contribution is -2.57. The fourth-order valence-corrected chi connectivity index (χ4v) is 3.74. The van der Waals surface area contributed by atoms with Crippen LogP contribution in [0, 0.1) is 0 Å². The molecular formula is C24H35N9O6. The van der Waals surface area contributed by atoms with Crippen molar-refractivity contribution in [3.05, 3.63) is 36.0 Å². The molecule has 1 heterocycles. The SMILES string of the molecule is CC(NC(=O)C(N)CCCN=C(N)N)C(=O)NC(Cc1c[nH]c2ccccc12)C(=O)NC(CC(N)=O)C(=O)O. The number of aromatic nitrogens is 1. The van der Waals surface area contributed by atoms with Crippen LogP contribution in [-0.4, -0.2) is 76.4 Å². The Bertz CT molecular complexity index is 1220. The molecule has 15 heteroatoms. The topological polar surface area (TPSA) is 274 Å². The number of nitrogens with two attached hydrogens (primary N) is 4. The van der Waals surface area contributed by atoms with E-state index in [0.717, 1.165) is 10.9 Å². The number of nitrogens with one attached hydrogen (secondary N) is 4. The molecule has 0 aliphatic heterocycles. The van der Waals surface area contributed by atoms with Crippen LogP contribution in [0.15, 0.2) is 35.5 Å². The highest BCUT2D eigenvalue weighted by Gasteiger charge is 2.30. The summed E-state index contributed by atoms with van der Waals surface area (Å²) in [4.78, 5) is 68.2. The fourth-order valence-electron chi connectivity index (χ4n) is 3.74. The Morgan fingerprint density at radius 1 is 0.974 bits per heavy atom. The summed E-state index contributed by atoms with van der Waals surface area (Å²) < 4.78 is 0. The lowest BCUT2D eigenvalue weighted by Gasteiger charge is -2.23. The van der Waals surface area contributed by atoms with Gasteiger partial charge in [-0.3, -0.25) is 24.2 Å². The lowest BCUT2D eigenvalue weighted by molar-refractivity contribution is -0.143. The van der Waals surface area contributed by atoms with Gasteiger partial charge in [0.15, 0.2) is 5.96 Å². The molecule has 2 rings (SSSR count). The predicted octanol–water partition coefficient (Wildman–Crippen LogP) is -2.47. The molecule has 0 bridgehead atoms. The van der Waals surface area contributed by atoms with Crippen molar-refractivity contribution in [1.82, 2.24) is 20.9 Å². The van der Waals surface area contributed by atoms with E-state index in [4.69, 9.17) is 22.9 Å². The number of fused-ring (bicyclic) bond motifs is 1. The van der Waals surface area contributed by atoms with Crippen molar-refractivity contribution in [2.24, 2.45) is 27.9 Å². The van der Waals surface area contributed by atoms with Crippen LogP contribution in [0.4, 0.5) is 0 Å². The molecule has 1 aromatic carbocycles. The first-order valence-corrected chi connectivity index (χ1v) is 12.2. The second kappa shape index (κ2) is 14.3. The Morgan fingerprint density at radius 2 is 1.64 bits per heavy atom. The number of guanidine groups is 1. The molecule has 1 aromatic heterocycles. The van der Waals surface area contributed by atoms with Gasteiger partial charge in [0.2, 0.25) is 23.6 Å². The number of rotatable bonds is 15. The standard InChI is InChI=1S/C24H35N9O6/c1-12(31-21(36)15(25)6-4-8-29-24(27)28)20(35)32-17(22(37)33-18(23(38)39)10-19(26)34)9-13-11-30-16-7-3-2-5-14(13)16/h2-3,5,7,11-12,15,17-18,30H,4,6,8-10,25H2,1H3,(H2,26,34)(H,31,36)(H,32,35)(H,33,37)(H,38,39)(H4,27,28,29). The van der Waals surface area contributed by atoms with E-state index in [1.54, 1.807) is 12.3 Å². The zero-order valence-electron chi connectivity index (χ0n) is 21.5. The maximum atomic E-state index is 13.1. The largest absolute Gasteiger partial charge is 0.480 e. The number of benzene rings is 1. The van der Waals surface area contributed by atoms with E-state index in [9.17, 15) is 29.1 Å². The van der Waals surface area contributed by atoms with Crippen molar-refractivity contribution in [3.63, 3.8) is 0 Å². The lowest BCUT2D eigenvalue weighted by atomic mass is 10.0. The first-order valence-electron chi connectivity index (χ1n) is 12.2. The monoisotopic (exact) mass is 545 g/mol. The number of carboxylic acid groups (broad SMARTS) is 1. The molecule has 2 aromatic rings. The third kappa shape index (κ3) is 9.62. The number of amides is 4. The van der Waals surface area contributed by atoms with E-state index in [2.05, 4.69) is 25.9 Å². The molecule has 4 unspecified atom stereocenters. The molecule has 0 saturated carbocycles. The van der Waals surface area contributed by atoms with Gasteiger partial charge >= 0.3 is 5.97 Å². The number of aliphatic imine (C=N–C) groups is 1. The Balaban J connectivity index is 2.13. The summed E-state index contributed by atoms with van der Waals surface area (Å²) in [6, 6.07) is 2.43. The molecule has 4 amide bonds. The van der Waals surface area contributed by atoms with E-state index in [0.29, 0.717) is 12.0 Å². The maximum absolute atomic E-state index is 13.1. The summed E-state index contributed by atoms with van der Waals surface area (Å²) in [5, 5.41) is 17.5. The van der Waals surface area contributed by atoms with Crippen LogP contribution in [0.25, 0.3) is 10.9 Å². The molecule has 0 radical (unpaired) electrons. The third-order valence-electron chi connectivity index (χ3n) is 5.81. The Labute approximate surface area is 224 Å². The van der Waals surface area contributed by atoms with Gasteiger partial charge in [-0.2, -0.15) is 0 Å². The molecular weight excluding hydrogens is 510 g/mol. The second-order valence-corrected chi connectivity index (χ2v) is 8.98. The highest BCUT2D eigenvalue weighted by Crippen LogP contribution is 2.19. The summed E-state index contributed by atoms with van der Waals surface area (Å²) in [7, 11) is 0. The molecule has 0 spiro atoms. The van der Waals surface area contributed by atoms with E-state index in [1.807, 2.05) is 18.2 Å². The average Bonchev–Trinajstić information content (AvgIpc) is 3.27. The summed E-state index contributed by atoms with van der Waals surface area (Å²) in [6.45, 7) is 1.70. The molecule has 4 atom stereocenters. The molecule has 0 aliphatic carbocycles. The molecule has 0 fully saturated rings. The predicted molar refractivity (Wildman–Crippen MR) is 143 cm³/mol. The number of aromatic amines is 1. The van der Waals surface area contributed by atoms with E-state index in [-0.39, 0.29) is 25.3 Å². The normalized spacial score (nSPS) is 13.9. The van der Waals surface area contributed by atoms with Gasteiger partial charge in [0.05, 0.1) is 12.5 Å². The molecule has 13 N–H and O–H groups in total. The highest BCUT2D eigenvalue weighted by atomic mass is 16.4. The highest BCUT2D eigenvalue weighted by molar-refractivity contribution is 5.95. The van der Waals surface area contributed by atoms with Crippen LogP contribution < -0.4 is 38.9 Å². The van der Waals surface area contributed by atoms with Gasteiger partial charge in [-0.15, -0.1) is 0 Å². The first-order chi connectivity index (χ1) is 18.4. The quantitative estimate of drug-likeness (QED) is 0.0650. The minimum atomic E-state index is -1.59. The summed E-state index contributed by atoms with van der Waals surface area (Å²) in [5.74, 6) is -4.61. The van der Waals surface area contributed by atoms with Gasteiger partial charge in [0.1, 0.15) is 18.1 Å². The van der Waals surface area contributed by atoms with Gasteiger partial charge in [-0.05, 0) is 31.4 Å². The van der Waals surface area contributed by atoms with Crippen molar-refractivity contribution in [2.75, 3.05) is 6.54 Å². The van der Waals surface area contributed by atoms with Crippen LogP contribution in [0.1, 0.15) is 31.7 Å². The van der Waals surface area contributed by atoms with Crippen LogP contribution in [0.5, 0.6) is 0 Å². The summed E-state index contributed by atoms with van der Waals surface area (Å²) in [5.41, 5.74) is 23.0. The maximum Gasteiger partial charge on any atom is 0.326 e. The van der Waals surface area contributed by atoms with E-state index >= 15 is 0 Å². The molecule has 212 valence electrons. The number of primary amides is 1. The molecule has 39 heavy (non-hydrogen) atoms. The van der Waals surface area contributed by atoms with Crippen LogP contribution in [0.2, 0.25) is 0 Å². The average molecular weight is 546 g/mol. The number of H-pyrrole nitrogens is 1. The van der Waals surface area contributed by atoms with Crippen LogP contribution in [-0.2, 0) is 30.4 Å². The van der Waals surface area contributed by atoms with Gasteiger partial charge in [0, 0.05) is 30.1 Å². The van der Waals surface area contributed by atoms with Crippen molar-refractivity contribution in [2.45, 2.75) is 56.8 Å². The zero-order chi connectivity index (χ0) is 29.1. The zero-order valence-corrected chi connectivity index (χ0v) is 21.5. The minimum Gasteiger partial charge on any atom is -0.480 e. The Morgan fingerprint density at radius 3 is 2.28 bits per heavy atom. The third-order valence-corrected chi connectivity index (χ3v) is 5.81. The van der Waals surface area contributed by atoms with Gasteiger partial charge in [0.25, 0.3) is 0 Å². The van der Waals surface area contributed by atoms with Crippen LogP contribution in [0.3, 0.4) is 0 Å². The van der Waals surface area contributed by atoms with E-state index in [1.165, 1.54) is 6.92 Å². The van der Waals surface area contributed by atoms with Gasteiger partial charge < -0.3 is 49.0 Å². The van der Waals surface area contributed by atoms with Crippen molar-refractivity contribution >= 4 is 46.5 Å². The Hall–Kier alpha value is -4.66. The molecule has 0 aliphatic rings. The summed E-state index contributed by atoms with van der Waals surface area (Å²) in [6.07, 6.45) is 1.72. The number of hydrogen-bond donors (Lipinski definition) is 9. The first kappa shape index (κ1) is 30.6. The number of carbonyl (C=O) groups excluding carboxylic acids is 4. The van der Waals surface area contributed by atoms with Crippen molar-refractivity contribution in [3.8, 4) is 0 Å². The van der Waals surface area contributed by atoms with Gasteiger partial charge in [-0.25, -0.2) is 4.79 Å². The minimum absolute atomic E-state index is 0.0184. The second-order valence-electron chi connectivity index (χ2n) is 8.98. The smallest absolute Gasteiger partial charge is 0.326 e. The number of carbonyl (C=O) groups is 5. The van der Waals surface area contributed by atoms with Crippen molar-refractivity contribution < 1.29 is 29.1 Å². The fraction of sp³-hybridized carbons (Fsp3) is 0.417. The van der Waals surface area contributed by atoms with E-state index < -0.39 is 60.2 Å². The Kier molecular flexibility index (Phi) is 11.2. The number of hydrogen-bond acceptors (Lipinski definition) is 7. The summed E-state index contributed by atoms with van der Waals surface area (Å²) >= 11 is 0.